The van der Waals surface area contributed by atoms with Crippen molar-refractivity contribution in [2.75, 3.05) is 6.54 Å². The van der Waals surface area contributed by atoms with E-state index in [1.165, 1.54) is 12.1 Å². The van der Waals surface area contributed by atoms with E-state index in [1.807, 2.05) is 37.3 Å². The molecule has 0 bridgehead atoms. The molecule has 9 heteroatoms. The van der Waals surface area contributed by atoms with Crippen LogP contribution in [0.4, 0.5) is 13.2 Å². The Kier molecular flexibility index (Phi) is 5.72. The molecular weight excluding hydrogens is 371 g/mol. The molecule has 1 aromatic heterocycles. The van der Waals surface area contributed by atoms with Crippen LogP contribution in [0, 0.1) is 0 Å². The summed E-state index contributed by atoms with van der Waals surface area (Å²) >= 11 is 0. The van der Waals surface area contributed by atoms with Crippen molar-refractivity contribution < 1.29 is 18.0 Å². The molecule has 1 amide bonds. The predicted octanol–water partition coefficient (Wildman–Crippen LogP) is 3.28. The summed E-state index contributed by atoms with van der Waals surface area (Å²) in [5.74, 6) is -0.151. The topological polar surface area (TPSA) is 72.7 Å². The van der Waals surface area contributed by atoms with Crippen LogP contribution < -0.4 is 5.32 Å². The highest BCUT2D eigenvalue weighted by atomic mass is 19.4. The molecule has 3 rings (SSSR count). The molecule has 0 aliphatic heterocycles. The number of hydrogen-bond donors (Lipinski definition) is 1. The molecule has 6 nitrogen and oxygen atoms in total. The Morgan fingerprint density at radius 2 is 1.89 bits per heavy atom. The molecule has 0 spiro atoms. The Hall–Kier alpha value is -3.23. The number of amides is 1. The number of aromatic nitrogens is 4. The van der Waals surface area contributed by atoms with Gasteiger partial charge in [0.1, 0.15) is 6.54 Å². The number of carbonyl (C=O) groups excluding carboxylic acids is 1. The van der Waals surface area contributed by atoms with Crippen LogP contribution in [0.15, 0.2) is 54.6 Å². The lowest BCUT2D eigenvalue weighted by Gasteiger charge is -2.12. The standard InChI is InChI=1S/C19H18F3N5O/c1-13(14-6-3-2-4-7-14)11-23-17(28)12-27-25-18(24-26-27)15-8-5-9-16(10-15)19(20,21)22/h2-10,13H,11-12H2,1H3,(H,23,28)/t13-/m0/s1. The monoisotopic (exact) mass is 389 g/mol. The molecule has 1 atom stereocenters. The number of rotatable bonds is 6. The van der Waals surface area contributed by atoms with Crippen molar-refractivity contribution in [3.05, 3.63) is 65.7 Å². The minimum absolute atomic E-state index is 0.0246. The molecular formula is C19H18F3N5O. The first kappa shape index (κ1) is 19.5. The van der Waals surface area contributed by atoms with Crippen molar-refractivity contribution >= 4 is 5.91 Å². The lowest BCUT2D eigenvalue weighted by atomic mass is 10.0. The van der Waals surface area contributed by atoms with Crippen LogP contribution in [0.2, 0.25) is 0 Å². The van der Waals surface area contributed by atoms with Crippen LogP contribution in [0.5, 0.6) is 0 Å². The average molecular weight is 389 g/mol. The zero-order chi connectivity index (χ0) is 20.1. The van der Waals surface area contributed by atoms with Gasteiger partial charge in [-0.1, -0.05) is 49.4 Å². The van der Waals surface area contributed by atoms with E-state index in [4.69, 9.17) is 0 Å². The maximum atomic E-state index is 12.8. The van der Waals surface area contributed by atoms with E-state index < -0.39 is 11.7 Å². The van der Waals surface area contributed by atoms with Gasteiger partial charge in [0.2, 0.25) is 11.7 Å². The molecule has 146 valence electrons. The molecule has 1 heterocycles. The van der Waals surface area contributed by atoms with Crippen molar-refractivity contribution in [1.29, 1.82) is 0 Å². The summed E-state index contributed by atoms with van der Waals surface area (Å²) in [7, 11) is 0. The second-order valence-corrected chi connectivity index (χ2v) is 6.34. The molecule has 3 aromatic rings. The molecule has 0 saturated heterocycles. The Morgan fingerprint density at radius 3 is 2.61 bits per heavy atom. The van der Waals surface area contributed by atoms with Crippen molar-refractivity contribution in [3.8, 4) is 11.4 Å². The zero-order valence-corrected chi connectivity index (χ0v) is 15.0. The van der Waals surface area contributed by atoms with Crippen molar-refractivity contribution in [1.82, 2.24) is 25.5 Å². The summed E-state index contributed by atoms with van der Waals surface area (Å²) in [5.41, 5.74) is 0.488. The minimum atomic E-state index is -4.46. The fourth-order valence-electron chi connectivity index (χ4n) is 2.61. The smallest absolute Gasteiger partial charge is 0.354 e. The molecule has 2 aromatic carbocycles. The van der Waals surface area contributed by atoms with Gasteiger partial charge in [-0.05, 0) is 28.8 Å². The fourth-order valence-corrected chi connectivity index (χ4v) is 2.61. The molecule has 0 aliphatic carbocycles. The molecule has 1 N–H and O–H groups in total. The number of tetrazole rings is 1. The van der Waals surface area contributed by atoms with Crippen LogP contribution in [0.3, 0.4) is 0 Å². The average Bonchev–Trinajstić information content (AvgIpc) is 3.14. The van der Waals surface area contributed by atoms with Crippen LogP contribution >= 0.6 is 0 Å². The lowest BCUT2D eigenvalue weighted by Crippen LogP contribution is -2.31. The molecule has 0 aliphatic rings. The molecule has 0 unspecified atom stereocenters. The summed E-state index contributed by atoms with van der Waals surface area (Å²) < 4.78 is 38.5. The van der Waals surface area contributed by atoms with E-state index in [9.17, 15) is 18.0 Å². The third-order valence-electron chi connectivity index (χ3n) is 4.16. The largest absolute Gasteiger partial charge is 0.416 e. The number of nitrogens with zero attached hydrogens (tertiary/aromatic N) is 4. The van der Waals surface area contributed by atoms with Crippen LogP contribution in [-0.4, -0.2) is 32.7 Å². The Bertz CT molecular complexity index is 940. The summed E-state index contributed by atoms with van der Waals surface area (Å²) in [5, 5.41) is 14.3. The summed E-state index contributed by atoms with van der Waals surface area (Å²) in [6, 6.07) is 14.4. The summed E-state index contributed by atoms with van der Waals surface area (Å²) in [6.45, 7) is 2.26. The third kappa shape index (κ3) is 4.93. The second-order valence-electron chi connectivity index (χ2n) is 6.34. The van der Waals surface area contributed by atoms with Gasteiger partial charge in [0.15, 0.2) is 0 Å². The lowest BCUT2D eigenvalue weighted by molar-refractivity contribution is -0.137. The maximum Gasteiger partial charge on any atom is 0.416 e. The first-order chi connectivity index (χ1) is 13.3. The number of hydrogen-bond acceptors (Lipinski definition) is 4. The Balaban J connectivity index is 1.59. The normalized spacial score (nSPS) is 12.6. The van der Waals surface area contributed by atoms with E-state index in [0.717, 1.165) is 22.5 Å². The van der Waals surface area contributed by atoms with E-state index in [2.05, 4.69) is 20.7 Å². The van der Waals surface area contributed by atoms with Gasteiger partial charge in [0.05, 0.1) is 5.56 Å². The second kappa shape index (κ2) is 8.20. The molecule has 0 fully saturated rings. The van der Waals surface area contributed by atoms with Gasteiger partial charge in [-0.25, -0.2) is 0 Å². The Morgan fingerprint density at radius 1 is 1.14 bits per heavy atom. The van der Waals surface area contributed by atoms with Gasteiger partial charge in [0, 0.05) is 12.1 Å². The molecule has 0 radical (unpaired) electrons. The maximum absolute atomic E-state index is 12.8. The summed E-state index contributed by atoms with van der Waals surface area (Å²) in [6.07, 6.45) is -4.46. The van der Waals surface area contributed by atoms with Crippen molar-refractivity contribution in [2.45, 2.75) is 25.6 Å². The number of carbonyl (C=O) groups is 1. The van der Waals surface area contributed by atoms with Crippen LogP contribution in [0.1, 0.15) is 24.0 Å². The number of benzene rings is 2. The highest BCUT2D eigenvalue weighted by Crippen LogP contribution is 2.31. The quantitative estimate of drug-likeness (QED) is 0.702. The highest BCUT2D eigenvalue weighted by Gasteiger charge is 2.30. The molecule has 0 saturated carbocycles. The van der Waals surface area contributed by atoms with Gasteiger partial charge in [0.25, 0.3) is 0 Å². The van der Waals surface area contributed by atoms with E-state index in [0.29, 0.717) is 6.54 Å². The van der Waals surface area contributed by atoms with Gasteiger partial charge < -0.3 is 5.32 Å². The highest BCUT2D eigenvalue weighted by molar-refractivity contribution is 5.75. The third-order valence-corrected chi connectivity index (χ3v) is 4.16. The predicted molar refractivity (Wildman–Crippen MR) is 96.1 cm³/mol. The molecule has 28 heavy (non-hydrogen) atoms. The zero-order valence-electron chi connectivity index (χ0n) is 15.0. The minimum Gasteiger partial charge on any atom is -0.354 e. The Labute approximate surface area is 159 Å². The van der Waals surface area contributed by atoms with E-state index >= 15 is 0 Å². The number of halogens is 3. The van der Waals surface area contributed by atoms with Gasteiger partial charge >= 0.3 is 6.18 Å². The summed E-state index contributed by atoms with van der Waals surface area (Å²) in [4.78, 5) is 13.1. The SMILES string of the molecule is C[C@@H](CNC(=O)Cn1nnc(-c2cccc(C(F)(F)F)c2)n1)c1ccccc1. The van der Waals surface area contributed by atoms with E-state index in [1.54, 1.807) is 0 Å². The van der Waals surface area contributed by atoms with Gasteiger partial charge in [-0.3, -0.25) is 4.79 Å². The van der Waals surface area contributed by atoms with Gasteiger partial charge in [-0.15, -0.1) is 10.2 Å². The van der Waals surface area contributed by atoms with Crippen LogP contribution in [-0.2, 0) is 17.5 Å². The van der Waals surface area contributed by atoms with Crippen molar-refractivity contribution in [3.63, 3.8) is 0 Å². The number of nitrogens with one attached hydrogen (secondary N) is 1. The first-order valence-corrected chi connectivity index (χ1v) is 8.60. The van der Waals surface area contributed by atoms with Gasteiger partial charge in [-0.2, -0.15) is 18.0 Å². The van der Waals surface area contributed by atoms with Crippen LogP contribution in [0.25, 0.3) is 11.4 Å². The number of alkyl halides is 3. The van der Waals surface area contributed by atoms with E-state index in [-0.39, 0.29) is 29.8 Å². The fraction of sp³-hybridized carbons (Fsp3) is 0.263. The first-order valence-electron chi connectivity index (χ1n) is 8.60. The van der Waals surface area contributed by atoms with Crippen molar-refractivity contribution in [2.24, 2.45) is 0 Å².